The van der Waals surface area contributed by atoms with Crippen LogP contribution in [0.5, 0.6) is 11.5 Å². The number of nitrogens with one attached hydrogen (secondary N) is 1. The molecule has 1 amide bonds. The van der Waals surface area contributed by atoms with Crippen molar-refractivity contribution in [3.05, 3.63) is 45.1 Å². The molecule has 0 saturated heterocycles. The highest BCUT2D eigenvalue weighted by molar-refractivity contribution is 7.18. The highest BCUT2D eigenvalue weighted by Crippen LogP contribution is 2.32. The van der Waals surface area contributed by atoms with E-state index in [4.69, 9.17) is 25.8 Å². The van der Waals surface area contributed by atoms with Crippen LogP contribution in [0.4, 0.5) is 0 Å². The van der Waals surface area contributed by atoms with Crippen LogP contribution >= 0.6 is 22.9 Å². The second-order valence-electron chi connectivity index (χ2n) is 5.65. The molecule has 1 aliphatic heterocycles. The number of carbonyl (C=O) groups is 3. The number of Topliss-reactive ketones (excluding diaryl/α,β-unsaturated/α-hetero) is 1. The molecular formula is C18H16ClNO6S. The first-order valence-electron chi connectivity index (χ1n) is 8.10. The molecule has 1 aromatic heterocycles. The zero-order chi connectivity index (χ0) is 19.2. The predicted molar refractivity (Wildman–Crippen MR) is 98.3 cm³/mol. The average Bonchev–Trinajstić information content (AvgIpc) is 3.30. The van der Waals surface area contributed by atoms with Crippen molar-refractivity contribution in [3.8, 4) is 11.5 Å². The maximum Gasteiger partial charge on any atom is 0.306 e. The second-order valence-corrected chi connectivity index (χ2v) is 7.37. The molecule has 0 spiro atoms. The molecule has 1 aliphatic rings. The molecule has 0 radical (unpaired) electrons. The van der Waals surface area contributed by atoms with Crippen molar-refractivity contribution < 1.29 is 28.6 Å². The molecule has 0 unspecified atom stereocenters. The summed E-state index contributed by atoms with van der Waals surface area (Å²) < 4.78 is 15.9. The van der Waals surface area contributed by atoms with Gasteiger partial charge in [-0.25, -0.2) is 0 Å². The summed E-state index contributed by atoms with van der Waals surface area (Å²) in [6.07, 6.45) is -0.0850. The summed E-state index contributed by atoms with van der Waals surface area (Å²) in [6.45, 7) is 0.0518. The summed E-state index contributed by atoms with van der Waals surface area (Å²) in [5.74, 6) is 0.0703. The van der Waals surface area contributed by atoms with E-state index in [0.29, 0.717) is 20.7 Å². The molecule has 9 heteroatoms. The molecule has 1 aromatic carbocycles. The maximum atomic E-state index is 11.9. The fourth-order valence-electron chi connectivity index (χ4n) is 2.32. The molecule has 0 bridgehead atoms. The van der Waals surface area contributed by atoms with Crippen LogP contribution < -0.4 is 14.8 Å². The molecule has 7 nitrogen and oxygen atoms in total. The molecule has 0 saturated carbocycles. The van der Waals surface area contributed by atoms with Gasteiger partial charge in [0.15, 0.2) is 23.9 Å². The van der Waals surface area contributed by atoms with E-state index >= 15 is 0 Å². The van der Waals surface area contributed by atoms with Crippen LogP contribution in [0.2, 0.25) is 4.34 Å². The van der Waals surface area contributed by atoms with E-state index in [0.717, 1.165) is 16.9 Å². The molecule has 1 N–H and O–H groups in total. The van der Waals surface area contributed by atoms with Gasteiger partial charge in [-0.15, -0.1) is 11.3 Å². The van der Waals surface area contributed by atoms with E-state index in [1.807, 2.05) is 6.07 Å². The van der Waals surface area contributed by atoms with Crippen molar-refractivity contribution in [1.82, 2.24) is 5.32 Å². The van der Waals surface area contributed by atoms with Crippen LogP contribution in [-0.4, -0.2) is 31.1 Å². The minimum Gasteiger partial charge on any atom is -0.456 e. The summed E-state index contributed by atoms with van der Waals surface area (Å²) in [4.78, 5) is 35.9. The Hall–Kier alpha value is -2.58. The van der Waals surface area contributed by atoms with Gasteiger partial charge in [0.1, 0.15) is 0 Å². The standard InChI is InChI=1S/C18H16ClNO6S/c19-16-5-4-15(27-16)12(21)2-6-18(23)24-9-17(22)20-8-11-1-3-13-14(7-11)26-10-25-13/h1,3-5,7H,2,6,8-10H2,(H,20,22). The van der Waals surface area contributed by atoms with Gasteiger partial charge in [0.2, 0.25) is 6.79 Å². The summed E-state index contributed by atoms with van der Waals surface area (Å²) in [5, 5.41) is 2.65. The van der Waals surface area contributed by atoms with Crippen molar-refractivity contribution in [3.63, 3.8) is 0 Å². The molecule has 0 aliphatic carbocycles. The van der Waals surface area contributed by atoms with Gasteiger partial charge in [0.25, 0.3) is 5.91 Å². The first-order chi connectivity index (χ1) is 13.0. The number of benzene rings is 1. The fraction of sp³-hybridized carbons (Fsp3) is 0.278. The molecule has 0 fully saturated rings. The number of carbonyl (C=O) groups excluding carboxylic acids is 3. The van der Waals surface area contributed by atoms with E-state index in [1.165, 1.54) is 0 Å². The van der Waals surface area contributed by atoms with Crippen molar-refractivity contribution in [2.24, 2.45) is 0 Å². The molecule has 3 rings (SSSR count). The Morgan fingerprint density at radius 2 is 1.93 bits per heavy atom. The summed E-state index contributed by atoms with van der Waals surface area (Å²) in [6, 6.07) is 8.59. The number of hydrogen-bond acceptors (Lipinski definition) is 7. The van der Waals surface area contributed by atoms with Crippen molar-refractivity contribution >= 4 is 40.6 Å². The van der Waals surface area contributed by atoms with Crippen LogP contribution in [0.25, 0.3) is 0 Å². The first-order valence-corrected chi connectivity index (χ1v) is 9.30. The molecule has 2 heterocycles. The Morgan fingerprint density at radius 3 is 2.70 bits per heavy atom. The summed E-state index contributed by atoms with van der Waals surface area (Å²) in [7, 11) is 0. The Labute approximate surface area is 164 Å². The molecule has 27 heavy (non-hydrogen) atoms. The lowest BCUT2D eigenvalue weighted by Gasteiger charge is -2.07. The van der Waals surface area contributed by atoms with Gasteiger partial charge in [-0.3, -0.25) is 14.4 Å². The fourth-order valence-corrected chi connectivity index (χ4v) is 3.33. The van der Waals surface area contributed by atoms with Gasteiger partial charge in [-0.2, -0.15) is 0 Å². The van der Waals surface area contributed by atoms with E-state index in [1.54, 1.807) is 24.3 Å². The number of esters is 1. The highest BCUT2D eigenvalue weighted by Gasteiger charge is 2.15. The van der Waals surface area contributed by atoms with E-state index in [-0.39, 0.29) is 32.0 Å². The predicted octanol–water partition coefficient (Wildman–Crippen LogP) is 2.95. The van der Waals surface area contributed by atoms with E-state index in [9.17, 15) is 14.4 Å². The third-order valence-corrected chi connectivity index (χ3v) is 4.97. The van der Waals surface area contributed by atoms with Crippen molar-refractivity contribution in [2.45, 2.75) is 19.4 Å². The number of thiophene rings is 1. The number of amides is 1. The van der Waals surface area contributed by atoms with E-state index < -0.39 is 18.5 Å². The number of ether oxygens (including phenoxy) is 3. The lowest BCUT2D eigenvalue weighted by Crippen LogP contribution is -2.28. The normalized spacial score (nSPS) is 11.9. The largest absolute Gasteiger partial charge is 0.456 e. The van der Waals surface area contributed by atoms with E-state index in [2.05, 4.69) is 5.32 Å². The lowest BCUT2D eigenvalue weighted by molar-refractivity contribution is -0.148. The van der Waals surface area contributed by atoms with Crippen LogP contribution in [0.1, 0.15) is 28.1 Å². The van der Waals surface area contributed by atoms with Crippen molar-refractivity contribution in [1.29, 1.82) is 0 Å². The monoisotopic (exact) mass is 409 g/mol. The van der Waals surface area contributed by atoms with Gasteiger partial charge in [0.05, 0.1) is 15.6 Å². The number of ketones is 1. The minimum atomic E-state index is -0.607. The minimum absolute atomic E-state index is 0.00842. The number of rotatable bonds is 8. The number of fused-ring (bicyclic) bond motifs is 1. The van der Waals surface area contributed by atoms with Gasteiger partial charge in [0, 0.05) is 13.0 Å². The van der Waals surface area contributed by atoms with Gasteiger partial charge < -0.3 is 19.5 Å². The SMILES string of the molecule is O=C(COC(=O)CCC(=O)c1ccc(Cl)s1)NCc1ccc2c(c1)OCO2. The Kier molecular flexibility index (Phi) is 6.31. The molecular weight excluding hydrogens is 394 g/mol. The second kappa shape index (κ2) is 8.88. The average molecular weight is 410 g/mol. The zero-order valence-electron chi connectivity index (χ0n) is 14.2. The Bertz CT molecular complexity index is 865. The van der Waals surface area contributed by atoms with Gasteiger partial charge in [-0.1, -0.05) is 17.7 Å². The Balaban J connectivity index is 1.35. The lowest BCUT2D eigenvalue weighted by atomic mass is 10.2. The summed E-state index contributed by atoms with van der Waals surface area (Å²) in [5.41, 5.74) is 0.833. The molecule has 0 atom stereocenters. The Morgan fingerprint density at radius 1 is 1.11 bits per heavy atom. The van der Waals surface area contributed by atoms with Crippen molar-refractivity contribution in [2.75, 3.05) is 13.4 Å². The topological polar surface area (TPSA) is 90.9 Å². The third kappa shape index (κ3) is 5.45. The quantitative estimate of drug-likeness (QED) is 0.532. The number of halogens is 1. The third-order valence-electron chi connectivity index (χ3n) is 3.70. The number of hydrogen-bond donors (Lipinski definition) is 1. The first kappa shape index (κ1) is 19.2. The maximum absolute atomic E-state index is 11.9. The smallest absolute Gasteiger partial charge is 0.306 e. The van der Waals surface area contributed by atoms with Crippen LogP contribution in [0, 0.1) is 0 Å². The zero-order valence-corrected chi connectivity index (χ0v) is 15.7. The van der Waals surface area contributed by atoms with Gasteiger partial charge in [-0.05, 0) is 29.8 Å². The molecule has 2 aromatic rings. The van der Waals surface area contributed by atoms with Crippen LogP contribution in [0.3, 0.4) is 0 Å². The highest BCUT2D eigenvalue weighted by atomic mass is 35.5. The summed E-state index contributed by atoms with van der Waals surface area (Å²) >= 11 is 6.93. The van der Waals surface area contributed by atoms with Crippen LogP contribution in [0.15, 0.2) is 30.3 Å². The molecule has 142 valence electrons. The van der Waals surface area contributed by atoms with Gasteiger partial charge >= 0.3 is 5.97 Å². The van der Waals surface area contributed by atoms with Crippen LogP contribution in [-0.2, 0) is 20.9 Å².